The van der Waals surface area contributed by atoms with Gasteiger partial charge in [0.1, 0.15) is 17.1 Å². The van der Waals surface area contributed by atoms with Crippen LogP contribution in [0.5, 0.6) is 0 Å². The predicted molar refractivity (Wildman–Crippen MR) is 103 cm³/mol. The Morgan fingerprint density at radius 3 is 2.48 bits per heavy atom. The second kappa shape index (κ2) is 7.99. The number of amides is 3. The van der Waals surface area contributed by atoms with Crippen molar-refractivity contribution in [2.24, 2.45) is 17.4 Å². The van der Waals surface area contributed by atoms with Crippen molar-refractivity contribution in [1.29, 1.82) is 0 Å². The lowest BCUT2D eigenvalue weighted by atomic mass is 9.84. The van der Waals surface area contributed by atoms with Gasteiger partial charge >= 0.3 is 6.03 Å². The van der Waals surface area contributed by atoms with Crippen LogP contribution >= 0.6 is 15.9 Å². The molecule has 0 radical (unpaired) electrons. The van der Waals surface area contributed by atoms with Crippen LogP contribution in [0.25, 0.3) is 0 Å². The lowest BCUT2D eigenvalue weighted by Gasteiger charge is -2.35. The molecule has 3 amide bonds. The van der Waals surface area contributed by atoms with E-state index < -0.39 is 47.2 Å². The van der Waals surface area contributed by atoms with E-state index >= 15 is 0 Å². The first-order valence-electron chi connectivity index (χ1n) is 8.49. The Labute approximate surface area is 172 Å². The monoisotopic (exact) mass is 471 g/mol. The molecule has 11 heteroatoms. The number of rotatable bonds is 6. The van der Waals surface area contributed by atoms with Crippen molar-refractivity contribution in [1.82, 2.24) is 10.3 Å². The van der Waals surface area contributed by atoms with Gasteiger partial charge in [-0.15, -0.1) is 0 Å². The smallest absolute Gasteiger partial charge is 0.313 e. The highest BCUT2D eigenvalue weighted by Gasteiger charge is 2.59. The summed E-state index contributed by atoms with van der Waals surface area (Å²) in [5, 5.41) is 4.48. The highest BCUT2D eigenvalue weighted by atomic mass is 79.9. The minimum atomic E-state index is -3.19. The fourth-order valence-corrected chi connectivity index (χ4v) is 3.50. The molecule has 0 spiro atoms. The number of carbonyl (C=O) groups excluding carboxylic acids is 2. The number of hydrogen-bond acceptors (Lipinski definition) is 4. The van der Waals surface area contributed by atoms with E-state index in [0.29, 0.717) is 4.47 Å². The number of nitrogens with zero attached hydrogens (tertiary/aromatic N) is 1. The number of anilines is 1. The maximum Gasteiger partial charge on any atom is 0.313 e. The molecule has 7 nitrogen and oxygen atoms in total. The van der Waals surface area contributed by atoms with Crippen LogP contribution in [0.3, 0.4) is 0 Å². The van der Waals surface area contributed by atoms with E-state index in [4.69, 9.17) is 11.5 Å². The summed E-state index contributed by atoms with van der Waals surface area (Å²) in [4.78, 5) is 27.7. The van der Waals surface area contributed by atoms with Crippen molar-refractivity contribution in [3.05, 3.63) is 58.1 Å². The normalized spacial score (nSPS) is 20.1. The van der Waals surface area contributed by atoms with Crippen molar-refractivity contribution in [3.63, 3.8) is 0 Å². The first kappa shape index (κ1) is 21.1. The molecule has 29 heavy (non-hydrogen) atoms. The van der Waals surface area contributed by atoms with E-state index in [1.165, 1.54) is 18.3 Å². The topological polar surface area (TPSA) is 123 Å². The molecule has 1 aromatic heterocycles. The van der Waals surface area contributed by atoms with Crippen molar-refractivity contribution in [3.8, 4) is 0 Å². The maximum absolute atomic E-state index is 14.6. The third-order valence-corrected chi connectivity index (χ3v) is 5.20. The number of pyridine rings is 1. The summed E-state index contributed by atoms with van der Waals surface area (Å²) in [6.45, 7) is 0. The molecule has 6 N–H and O–H groups in total. The number of primary amides is 1. The van der Waals surface area contributed by atoms with Crippen LogP contribution in [-0.4, -0.2) is 29.4 Å². The summed E-state index contributed by atoms with van der Waals surface area (Å²) >= 11 is 3.20. The third kappa shape index (κ3) is 4.20. The summed E-state index contributed by atoms with van der Waals surface area (Å²) in [5.74, 6) is -2.52. The molecule has 1 heterocycles. The van der Waals surface area contributed by atoms with E-state index in [0.717, 1.165) is 12.1 Å². The zero-order chi connectivity index (χ0) is 21.3. The van der Waals surface area contributed by atoms with Crippen LogP contribution in [0.4, 0.5) is 23.7 Å². The second-order valence-corrected chi connectivity index (χ2v) is 7.59. The number of carbonyl (C=O) groups is 2. The highest BCUT2D eigenvalue weighted by Crippen LogP contribution is 2.49. The summed E-state index contributed by atoms with van der Waals surface area (Å²) < 4.78 is 43.6. The van der Waals surface area contributed by atoms with Crippen LogP contribution in [0.1, 0.15) is 22.5 Å². The lowest BCUT2D eigenvalue weighted by Crippen LogP contribution is -2.56. The Balaban J connectivity index is 1.99. The van der Waals surface area contributed by atoms with Gasteiger partial charge in [0, 0.05) is 33.9 Å². The molecule has 0 aliphatic heterocycles. The van der Waals surface area contributed by atoms with Gasteiger partial charge in [-0.2, -0.15) is 0 Å². The molecule has 1 aliphatic carbocycles. The zero-order valence-electron chi connectivity index (χ0n) is 14.8. The average molecular weight is 472 g/mol. The van der Waals surface area contributed by atoms with Gasteiger partial charge in [-0.25, -0.2) is 22.9 Å². The fourth-order valence-electron chi connectivity index (χ4n) is 3.26. The van der Waals surface area contributed by atoms with E-state index in [1.807, 2.05) is 5.32 Å². The van der Waals surface area contributed by atoms with E-state index in [2.05, 4.69) is 26.2 Å². The first-order valence-corrected chi connectivity index (χ1v) is 9.28. The first-order chi connectivity index (χ1) is 13.6. The number of nitrogens with one attached hydrogen (secondary N) is 2. The second-order valence-electron chi connectivity index (χ2n) is 6.68. The number of halogens is 4. The van der Waals surface area contributed by atoms with Crippen molar-refractivity contribution in [2.75, 3.05) is 5.32 Å². The highest BCUT2D eigenvalue weighted by molar-refractivity contribution is 9.10. The van der Waals surface area contributed by atoms with Crippen LogP contribution in [0.2, 0.25) is 0 Å². The standard InChI is InChI=1S/C18H17BrF3N5O2/c19-8-1-4-14(25-7-8)15(28)26-9-2-3-12(20)10(5-9)18(16(21)22,27-17(24)29)11-6-13(11)23/h1-5,7,11,13,16H,6,23H2,(H,26,28)(H3,24,27,29)/t11-,13+,18+/m0/s1. The van der Waals surface area contributed by atoms with E-state index in [9.17, 15) is 22.8 Å². The minimum absolute atomic E-state index is 0.0432. The quantitative estimate of drug-likeness (QED) is 0.516. The van der Waals surface area contributed by atoms with Crippen molar-refractivity contribution >= 4 is 33.6 Å². The van der Waals surface area contributed by atoms with Gasteiger partial charge in [0.2, 0.25) is 0 Å². The lowest BCUT2D eigenvalue weighted by molar-refractivity contribution is 0.0171. The third-order valence-electron chi connectivity index (χ3n) is 4.73. The van der Waals surface area contributed by atoms with Crippen molar-refractivity contribution < 1.29 is 22.8 Å². The zero-order valence-corrected chi connectivity index (χ0v) is 16.4. The Kier molecular flexibility index (Phi) is 5.80. The number of benzene rings is 1. The maximum atomic E-state index is 14.6. The van der Waals surface area contributed by atoms with Crippen molar-refractivity contribution in [2.45, 2.75) is 24.4 Å². The van der Waals surface area contributed by atoms with Crippen LogP contribution in [-0.2, 0) is 5.54 Å². The van der Waals surface area contributed by atoms with Crippen LogP contribution in [0.15, 0.2) is 41.0 Å². The van der Waals surface area contributed by atoms with Crippen LogP contribution in [0, 0.1) is 11.7 Å². The molecule has 3 rings (SSSR count). The van der Waals surface area contributed by atoms with Gasteiger partial charge in [-0.3, -0.25) is 4.79 Å². The number of urea groups is 1. The van der Waals surface area contributed by atoms with Gasteiger partial charge in [0.05, 0.1) is 0 Å². The molecule has 1 fully saturated rings. The number of aromatic nitrogens is 1. The molecule has 3 atom stereocenters. The average Bonchev–Trinajstić information content (AvgIpc) is 3.38. The molecular weight excluding hydrogens is 455 g/mol. The molecule has 154 valence electrons. The molecule has 1 saturated carbocycles. The Morgan fingerprint density at radius 1 is 1.28 bits per heavy atom. The molecule has 0 bridgehead atoms. The summed E-state index contributed by atoms with van der Waals surface area (Å²) in [7, 11) is 0. The van der Waals surface area contributed by atoms with Gasteiger partial charge < -0.3 is 22.1 Å². The Hall–Kier alpha value is -2.66. The molecule has 2 aromatic rings. The minimum Gasteiger partial charge on any atom is -0.352 e. The summed E-state index contributed by atoms with van der Waals surface area (Å²) in [6, 6.07) is 4.34. The van der Waals surface area contributed by atoms with Gasteiger partial charge in [0.15, 0.2) is 0 Å². The Morgan fingerprint density at radius 2 is 1.97 bits per heavy atom. The number of nitrogens with two attached hydrogens (primary N) is 2. The number of hydrogen-bond donors (Lipinski definition) is 4. The predicted octanol–water partition coefficient (Wildman–Crippen LogP) is 2.71. The van der Waals surface area contributed by atoms with Gasteiger partial charge in [-0.1, -0.05) is 0 Å². The SMILES string of the molecule is NC(=O)N[C@@](c1cc(NC(=O)c2ccc(Br)cn2)ccc1F)(C(F)F)[C@H]1C[C@H]1N. The molecule has 0 saturated heterocycles. The van der Waals surface area contributed by atoms with Crippen LogP contribution < -0.4 is 22.1 Å². The van der Waals surface area contributed by atoms with Gasteiger partial charge in [0.25, 0.3) is 12.3 Å². The van der Waals surface area contributed by atoms with E-state index in [1.54, 1.807) is 6.07 Å². The van der Waals surface area contributed by atoms with Gasteiger partial charge in [-0.05, 0) is 52.7 Å². The number of alkyl halides is 2. The largest absolute Gasteiger partial charge is 0.352 e. The summed E-state index contributed by atoms with van der Waals surface area (Å²) in [6.07, 6.45) is -1.62. The summed E-state index contributed by atoms with van der Waals surface area (Å²) in [5.41, 5.74) is 8.02. The fraction of sp³-hybridized carbons (Fsp3) is 0.278. The molecule has 0 unspecified atom stereocenters. The Bertz CT molecular complexity index is 944. The van der Waals surface area contributed by atoms with E-state index in [-0.39, 0.29) is 17.8 Å². The molecule has 1 aromatic carbocycles. The molecular formula is C18H17BrF3N5O2. The molecule has 1 aliphatic rings.